The highest BCUT2D eigenvalue weighted by molar-refractivity contribution is 5.84. The van der Waals surface area contributed by atoms with Crippen molar-refractivity contribution in [3.8, 4) is 0 Å². The SMILES string of the molecule is CCN(CC)C(=O)C(C)Nc1cccc2c1CCCC2. The largest absolute Gasteiger partial charge is 0.374 e. The van der Waals surface area contributed by atoms with E-state index in [1.807, 2.05) is 25.7 Å². The minimum atomic E-state index is -0.164. The lowest BCUT2D eigenvalue weighted by atomic mass is 9.90. The number of benzene rings is 1. The third kappa shape index (κ3) is 3.14. The van der Waals surface area contributed by atoms with Crippen molar-refractivity contribution in [1.82, 2.24) is 4.90 Å². The fourth-order valence-electron chi connectivity index (χ4n) is 3.02. The van der Waals surface area contributed by atoms with Crippen LogP contribution in [0.2, 0.25) is 0 Å². The van der Waals surface area contributed by atoms with Gasteiger partial charge in [-0.05, 0) is 63.6 Å². The lowest BCUT2D eigenvalue weighted by molar-refractivity contribution is -0.131. The van der Waals surface area contributed by atoms with Gasteiger partial charge in [0.2, 0.25) is 5.91 Å². The first kappa shape index (κ1) is 14.9. The van der Waals surface area contributed by atoms with Gasteiger partial charge in [-0.15, -0.1) is 0 Å². The van der Waals surface area contributed by atoms with Crippen molar-refractivity contribution in [2.75, 3.05) is 18.4 Å². The zero-order valence-corrected chi connectivity index (χ0v) is 12.9. The summed E-state index contributed by atoms with van der Waals surface area (Å²) in [7, 11) is 0. The number of hydrogen-bond donors (Lipinski definition) is 1. The van der Waals surface area contributed by atoms with Crippen LogP contribution in [-0.2, 0) is 17.6 Å². The highest BCUT2D eigenvalue weighted by atomic mass is 16.2. The van der Waals surface area contributed by atoms with Crippen LogP contribution in [0.5, 0.6) is 0 Å². The number of carbonyl (C=O) groups is 1. The number of amides is 1. The van der Waals surface area contributed by atoms with Crippen LogP contribution in [0.4, 0.5) is 5.69 Å². The van der Waals surface area contributed by atoms with E-state index in [9.17, 15) is 4.79 Å². The summed E-state index contributed by atoms with van der Waals surface area (Å²) in [6.45, 7) is 7.56. The molecule has 3 nitrogen and oxygen atoms in total. The summed E-state index contributed by atoms with van der Waals surface area (Å²) in [5, 5.41) is 3.43. The average Bonchev–Trinajstić information content (AvgIpc) is 2.48. The Bertz CT molecular complexity index is 466. The number of hydrogen-bond acceptors (Lipinski definition) is 2. The molecule has 0 radical (unpaired) electrons. The maximum absolute atomic E-state index is 12.3. The summed E-state index contributed by atoms with van der Waals surface area (Å²) in [6.07, 6.45) is 4.84. The number of likely N-dealkylation sites (N-methyl/N-ethyl adjacent to an activating group) is 1. The Hall–Kier alpha value is -1.51. The zero-order valence-electron chi connectivity index (χ0n) is 12.9. The van der Waals surface area contributed by atoms with Gasteiger partial charge in [-0.2, -0.15) is 0 Å². The monoisotopic (exact) mass is 274 g/mol. The van der Waals surface area contributed by atoms with Crippen molar-refractivity contribution in [2.45, 2.75) is 52.5 Å². The first-order valence-electron chi connectivity index (χ1n) is 7.83. The molecule has 110 valence electrons. The van der Waals surface area contributed by atoms with Gasteiger partial charge in [-0.25, -0.2) is 0 Å². The van der Waals surface area contributed by atoms with E-state index in [1.165, 1.54) is 30.4 Å². The number of carbonyl (C=O) groups excluding carboxylic acids is 1. The second-order valence-corrected chi connectivity index (χ2v) is 5.53. The number of nitrogens with one attached hydrogen (secondary N) is 1. The summed E-state index contributed by atoms with van der Waals surface area (Å²) >= 11 is 0. The molecule has 0 aliphatic heterocycles. The molecule has 0 aromatic heterocycles. The Kier molecular flexibility index (Phi) is 5.05. The molecule has 0 bridgehead atoms. The second-order valence-electron chi connectivity index (χ2n) is 5.53. The minimum Gasteiger partial charge on any atom is -0.374 e. The molecule has 1 N–H and O–H groups in total. The molecule has 0 saturated carbocycles. The second kappa shape index (κ2) is 6.78. The number of aryl methyl sites for hydroxylation is 1. The Morgan fingerprint density at radius 1 is 1.25 bits per heavy atom. The standard InChI is InChI=1S/C17H26N2O/c1-4-19(5-2)17(20)13(3)18-16-12-8-10-14-9-6-7-11-15(14)16/h8,10,12-13,18H,4-7,9,11H2,1-3H3. The molecule has 1 aliphatic rings. The van der Waals surface area contributed by atoms with Gasteiger partial charge in [0.25, 0.3) is 0 Å². The molecule has 0 fully saturated rings. The smallest absolute Gasteiger partial charge is 0.244 e. The molecular weight excluding hydrogens is 248 g/mol. The Morgan fingerprint density at radius 2 is 1.95 bits per heavy atom. The van der Waals surface area contributed by atoms with Crippen molar-refractivity contribution in [2.24, 2.45) is 0 Å². The Morgan fingerprint density at radius 3 is 2.65 bits per heavy atom. The Balaban J connectivity index is 2.12. The van der Waals surface area contributed by atoms with E-state index in [2.05, 4.69) is 23.5 Å². The van der Waals surface area contributed by atoms with Crippen LogP contribution in [0.3, 0.4) is 0 Å². The molecule has 1 unspecified atom stereocenters. The predicted molar refractivity (Wildman–Crippen MR) is 84.1 cm³/mol. The normalized spacial score (nSPS) is 15.3. The molecule has 0 saturated heterocycles. The van der Waals surface area contributed by atoms with Gasteiger partial charge in [-0.1, -0.05) is 12.1 Å². The van der Waals surface area contributed by atoms with Crippen LogP contribution in [-0.4, -0.2) is 29.9 Å². The zero-order chi connectivity index (χ0) is 14.5. The van der Waals surface area contributed by atoms with Crippen molar-refractivity contribution in [1.29, 1.82) is 0 Å². The number of nitrogens with zero attached hydrogens (tertiary/aromatic N) is 1. The lowest BCUT2D eigenvalue weighted by Crippen LogP contribution is -2.41. The van der Waals surface area contributed by atoms with E-state index in [1.54, 1.807) is 0 Å². The maximum atomic E-state index is 12.3. The summed E-state index contributed by atoms with van der Waals surface area (Å²) in [6, 6.07) is 6.26. The lowest BCUT2D eigenvalue weighted by Gasteiger charge is -2.26. The topological polar surface area (TPSA) is 32.3 Å². The molecular formula is C17H26N2O. The van der Waals surface area contributed by atoms with Crippen LogP contribution in [0, 0.1) is 0 Å². The van der Waals surface area contributed by atoms with Crippen LogP contribution in [0.1, 0.15) is 44.7 Å². The summed E-state index contributed by atoms with van der Waals surface area (Å²) in [5.74, 6) is 0.184. The van der Waals surface area contributed by atoms with Crippen molar-refractivity contribution in [3.63, 3.8) is 0 Å². The van der Waals surface area contributed by atoms with Gasteiger partial charge < -0.3 is 10.2 Å². The third-order valence-corrected chi connectivity index (χ3v) is 4.21. The Labute approximate surface area is 122 Å². The van der Waals surface area contributed by atoms with E-state index in [-0.39, 0.29) is 11.9 Å². The van der Waals surface area contributed by atoms with Gasteiger partial charge in [0, 0.05) is 18.8 Å². The third-order valence-electron chi connectivity index (χ3n) is 4.21. The first-order valence-corrected chi connectivity index (χ1v) is 7.83. The summed E-state index contributed by atoms with van der Waals surface area (Å²) in [5.41, 5.74) is 4.01. The van der Waals surface area contributed by atoms with E-state index < -0.39 is 0 Å². The summed E-state index contributed by atoms with van der Waals surface area (Å²) < 4.78 is 0. The number of anilines is 1. The number of rotatable bonds is 5. The highest BCUT2D eigenvalue weighted by Crippen LogP contribution is 2.28. The van der Waals surface area contributed by atoms with Gasteiger partial charge in [0.1, 0.15) is 6.04 Å². The summed E-state index contributed by atoms with van der Waals surface area (Å²) in [4.78, 5) is 14.2. The molecule has 1 amide bonds. The van der Waals surface area contributed by atoms with Gasteiger partial charge in [0.15, 0.2) is 0 Å². The van der Waals surface area contributed by atoms with Crippen LogP contribution >= 0.6 is 0 Å². The van der Waals surface area contributed by atoms with E-state index in [4.69, 9.17) is 0 Å². The van der Waals surface area contributed by atoms with Gasteiger partial charge in [-0.3, -0.25) is 4.79 Å². The quantitative estimate of drug-likeness (QED) is 0.894. The molecule has 0 spiro atoms. The molecule has 2 rings (SSSR count). The van der Waals surface area contributed by atoms with Crippen LogP contribution in [0.15, 0.2) is 18.2 Å². The molecule has 3 heteroatoms. The molecule has 1 aromatic rings. The predicted octanol–water partition coefficient (Wildman–Crippen LogP) is 3.23. The number of fused-ring (bicyclic) bond motifs is 1. The van der Waals surface area contributed by atoms with Gasteiger partial charge >= 0.3 is 0 Å². The maximum Gasteiger partial charge on any atom is 0.244 e. The van der Waals surface area contributed by atoms with Gasteiger partial charge in [0.05, 0.1) is 0 Å². The minimum absolute atomic E-state index is 0.164. The molecule has 0 heterocycles. The van der Waals surface area contributed by atoms with Crippen molar-refractivity contribution >= 4 is 11.6 Å². The fraction of sp³-hybridized carbons (Fsp3) is 0.588. The fourth-order valence-corrected chi connectivity index (χ4v) is 3.02. The first-order chi connectivity index (χ1) is 9.67. The van der Waals surface area contributed by atoms with E-state index in [0.29, 0.717) is 0 Å². The average molecular weight is 274 g/mol. The van der Waals surface area contributed by atoms with Crippen LogP contribution in [0.25, 0.3) is 0 Å². The molecule has 1 atom stereocenters. The molecule has 1 aromatic carbocycles. The van der Waals surface area contributed by atoms with Crippen LogP contribution < -0.4 is 5.32 Å². The molecule has 20 heavy (non-hydrogen) atoms. The van der Waals surface area contributed by atoms with Crippen molar-refractivity contribution < 1.29 is 4.79 Å². The molecule has 1 aliphatic carbocycles. The van der Waals surface area contributed by atoms with E-state index in [0.717, 1.165) is 25.2 Å². The van der Waals surface area contributed by atoms with E-state index >= 15 is 0 Å². The highest BCUT2D eigenvalue weighted by Gasteiger charge is 2.20. The van der Waals surface area contributed by atoms with Crippen molar-refractivity contribution in [3.05, 3.63) is 29.3 Å².